The van der Waals surface area contributed by atoms with Gasteiger partial charge in [0.25, 0.3) is 0 Å². The summed E-state index contributed by atoms with van der Waals surface area (Å²) >= 11 is 0. The molecule has 0 spiro atoms. The Balaban J connectivity index is 1.47. The fraction of sp³-hybridized carbons (Fsp3) is 0.423. The van der Waals surface area contributed by atoms with Crippen molar-refractivity contribution < 1.29 is 4.79 Å². The lowest BCUT2D eigenvalue weighted by atomic mass is 9.89. The van der Waals surface area contributed by atoms with E-state index >= 15 is 0 Å². The van der Waals surface area contributed by atoms with Crippen LogP contribution in [0.25, 0.3) is 10.9 Å². The molecule has 0 aliphatic carbocycles. The van der Waals surface area contributed by atoms with Crippen molar-refractivity contribution in [2.45, 2.75) is 51.5 Å². The van der Waals surface area contributed by atoms with Crippen molar-refractivity contribution in [3.8, 4) is 0 Å². The molecule has 3 aromatic rings. The molecule has 158 valence electrons. The molecule has 0 atom stereocenters. The van der Waals surface area contributed by atoms with E-state index in [4.69, 9.17) is 0 Å². The van der Waals surface area contributed by atoms with Gasteiger partial charge in [-0.25, -0.2) is 4.79 Å². The molecule has 1 N–H and O–H groups in total. The number of aromatic nitrogens is 1. The van der Waals surface area contributed by atoms with Crippen LogP contribution in [0.4, 0.5) is 4.79 Å². The zero-order valence-electron chi connectivity index (χ0n) is 18.0. The number of unbranched alkanes of at least 4 members (excludes halogenated alkanes) is 2. The highest BCUT2D eigenvalue weighted by atomic mass is 16.2. The Labute approximate surface area is 179 Å². The van der Waals surface area contributed by atoms with Crippen LogP contribution >= 0.6 is 0 Å². The predicted octanol–water partition coefficient (Wildman–Crippen LogP) is 5.77. The van der Waals surface area contributed by atoms with Gasteiger partial charge >= 0.3 is 6.03 Å². The number of piperidine rings is 1. The van der Waals surface area contributed by atoms with Gasteiger partial charge in [0, 0.05) is 18.1 Å². The van der Waals surface area contributed by atoms with Gasteiger partial charge in [0.05, 0.1) is 5.52 Å². The Morgan fingerprint density at radius 3 is 2.50 bits per heavy atom. The van der Waals surface area contributed by atoms with E-state index in [1.165, 1.54) is 49.6 Å². The summed E-state index contributed by atoms with van der Waals surface area (Å²) in [5.41, 5.74) is 3.44. The maximum Gasteiger partial charge on any atom is 0.326 e. The molecule has 4 heteroatoms. The Bertz CT molecular complexity index is 955. The maximum absolute atomic E-state index is 13.0. The summed E-state index contributed by atoms with van der Waals surface area (Å²) in [4.78, 5) is 15.6. The molecular weight excluding hydrogens is 370 g/mol. The van der Waals surface area contributed by atoms with E-state index in [-0.39, 0.29) is 6.03 Å². The van der Waals surface area contributed by atoms with Gasteiger partial charge in [0.15, 0.2) is 0 Å². The van der Waals surface area contributed by atoms with Gasteiger partial charge in [0.2, 0.25) is 0 Å². The number of amides is 1. The van der Waals surface area contributed by atoms with Crippen molar-refractivity contribution in [1.82, 2.24) is 14.8 Å². The highest BCUT2D eigenvalue weighted by molar-refractivity contribution is 5.94. The number of fused-ring (bicyclic) bond motifs is 1. The summed E-state index contributed by atoms with van der Waals surface area (Å²) in [6.07, 6.45) is 8.34. The van der Waals surface area contributed by atoms with E-state index in [0.29, 0.717) is 12.5 Å². The number of para-hydroxylation sites is 1. The number of rotatable bonds is 7. The van der Waals surface area contributed by atoms with Crippen LogP contribution < -0.4 is 5.32 Å². The zero-order valence-corrected chi connectivity index (χ0v) is 18.0. The summed E-state index contributed by atoms with van der Waals surface area (Å²) in [7, 11) is 0. The van der Waals surface area contributed by atoms with E-state index in [0.717, 1.165) is 24.2 Å². The molecule has 1 aliphatic rings. The smallest absolute Gasteiger partial charge is 0.326 e. The van der Waals surface area contributed by atoms with Gasteiger partial charge in [-0.1, -0.05) is 68.3 Å². The molecule has 1 saturated heterocycles. The molecule has 30 heavy (non-hydrogen) atoms. The molecular formula is C26H33N3O. The van der Waals surface area contributed by atoms with Crippen LogP contribution in [-0.4, -0.2) is 35.1 Å². The fourth-order valence-electron chi connectivity index (χ4n) is 4.61. The predicted molar refractivity (Wildman–Crippen MR) is 124 cm³/mol. The van der Waals surface area contributed by atoms with E-state index in [1.54, 1.807) is 4.57 Å². The highest BCUT2D eigenvalue weighted by Gasteiger charge is 2.24. The Morgan fingerprint density at radius 1 is 1.00 bits per heavy atom. The number of hydrogen-bond acceptors (Lipinski definition) is 2. The first-order chi connectivity index (χ1) is 14.8. The third kappa shape index (κ3) is 4.76. The first-order valence-corrected chi connectivity index (χ1v) is 11.4. The summed E-state index contributed by atoms with van der Waals surface area (Å²) in [6.45, 7) is 6.35. The van der Waals surface area contributed by atoms with Gasteiger partial charge in [0.1, 0.15) is 0 Å². The molecule has 0 bridgehead atoms. The summed E-state index contributed by atoms with van der Waals surface area (Å²) in [6, 6.07) is 18.3. The molecule has 4 rings (SSSR count). The van der Waals surface area contributed by atoms with Crippen LogP contribution in [0.15, 0.2) is 60.8 Å². The first kappa shape index (κ1) is 20.7. The largest absolute Gasteiger partial charge is 0.333 e. The molecule has 1 aliphatic heterocycles. The standard InChI is InChI=1S/C26H33N3O/c1-2-3-9-16-28-17-14-22(15-18-28)24-20-29(25-13-8-7-12-23(24)25)26(30)27-19-21-10-5-4-6-11-21/h4-8,10-13,20,22H,2-3,9,14-19H2,1H3,(H,27,30). The molecule has 2 heterocycles. The average Bonchev–Trinajstić information content (AvgIpc) is 3.19. The van der Waals surface area contributed by atoms with Crippen LogP contribution in [0.5, 0.6) is 0 Å². The molecule has 4 nitrogen and oxygen atoms in total. The molecule has 1 fully saturated rings. The quantitative estimate of drug-likeness (QED) is 0.509. The second kappa shape index (κ2) is 9.94. The van der Waals surface area contributed by atoms with Gasteiger partial charge in [-0.2, -0.15) is 0 Å². The van der Waals surface area contributed by atoms with Crippen LogP contribution in [0.2, 0.25) is 0 Å². The Kier molecular flexibility index (Phi) is 6.85. The minimum absolute atomic E-state index is 0.0571. The lowest BCUT2D eigenvalue weighted by Crippen LogP contribution is -2.33. The van der Waals surface area contributed by atoms with E-state index in [1.807, 2.05) is 36.4 Å². The minimum atomic E-state index is -0.0571. The van der Waals surface area contributed by atoms with Crippen molar-refractivity contribution in [3.63, 3.8) is 0 Å². The number of carbonyl (C=O) groups excluding carboxylic acids is 1. The van der Waals surface area contributed by atoms with Crippen LogP contribution in [0, 0.1) is 0 Å². The summed E-state index contributed by atoms with van der Waals surface area (Å²) in [5.74, 6) is 0.528. The Hall–Kier alpha value is -2.59. The monoisotopic (exact) mass is 403 g/mol. The number of likely N-dealkylation sites (tertiary alicyclic amines) is 1. The summed E-state index contributed by atoms with van der Waals surface area (Å²) in [5, 5.41) is 4.29. The lowest BCUT2D eigenvalue weighted by molar-refractivity contribution is 0.209. The number of carbonyl (C=O) groups is 1. The molecule has 0 radical (unpaired) electrons. The topological polar surface area (TPSA) is 37.3 Å². The fourth-order valence-corrected chi connectivity index (χ4v) is 4.61. The van der Waals surface area contributed by atoms with Crippen molar-refractivity contribution in [1.29, 1.82) is 0 Å². The molecule has 2 aromatic carbocycles. The van der Waals surface area contributed by atoms with Crippen LogP contribution in [0.3, 0.4) is 0 Å². The summed E-state index contributed by atoms with van der Waals surface area (Å²) < 4.78 is 1.81. The van der Waals surface area contributed by atoms with E-state index in [2.05, 4.69) is 41.5 Å². The van der Waals surface area contributed by atoms with Gasteiger partial charge in [-0.05, 0) is 62.0 Å². The number of nitrogens with one attached hydrogen (secondary N) is 1. The molecule has 0 saturated carbocycles. The van der Waals surface area contributed by atoms with Crippen LogP contribution in [0.1, 0.15) is 56.1 Å². The third-order valence-corrected chi connectivity index (χ3v) is 6.35. The number of hydrogen-bond donors (Lipinski definition) is 1. The Morgan fingerprint density at radius 2 is 1.73 bits per heavy atom. The number of benzene rings is 2. The number of nitrogens with zero attached hydrogens (tertiary/aromatic N) is 2. The van der Waals surface area contributed by atoms with Gasteiger partial charge in [-0.3, -0.25) is 4.57 Å². The minimum Gasteiger partial charge on any atom is -0.333 e. The van der Waals surface area contributed by atoms with Gasteiger partial charge < -0.3 is 10.2 Å². The molecule has 0 unspecified atom stereocenters. The SMILES string of the molecule is CCCCCN1CCC(c2cn(C(=O)NCc3ccccc3)c3ccccc23)CC1. The second-order valence-corrected chi connectivity index (χ2v) is 8.44. The van der Waals surface area contributed by atoms with Crippen molar-refractivity contribution >= 4 is 16.9 Å². The van der Waals surface area contributed by atoms with Crippen molar-refractivity contribution in [3.05, 3.63) is 71.9 Å². The maximum atomic E-state index is 13.0. The average molecular weight is 404 g/mol. The third-order valence-electron chi connectivity index (χ3n) is 6.35. The van der Waals surface area contributed by atoms with Crippen molar-refractivity contribution in [2.75, 3.05) is 19.6 Å². The van der Waals surface area contributed by atoms with Crippen molar-refractivity contribution in [2.24, 2.45) is 0 Å². The normalized spacial score (nSPS) is 15.5. The van der Waals surface area contributed by atoms with Gasteiger partial charge in [-0.15, -0.1) is 0 Å². The lowest BCUT2D eigenvalue weighted by Gasteiger charge is -2.32. The van der Waals surface area contributed by atoms with E-state index < -0.39 is 0 Å². The zero-order chi connectivity index (χ0) is 20.8. The first-order valence-electron chi connectivity index (χ1n) is 11.4. The van der Waals surface area contributed by atoms with E-state index in [9.17, 15) is 4.79 Å². The van der Waals surface area contributed by atoms with Crippen LogP contribution in [-0.2, 0) is 6.54 Å². The molecule has 1 aromatic heterocycles. The highest BCUT2D eigenvalue weighted by Crippen LogP contribution is 2.34. The second-order valence-electron chi connectivity index (χ2n) is 8.44. The molecule has 1 amide bonds.